The third-order valence-electron chi connectivity index (χ3n) is 2.49. The summed E-state index contributed by atoms with van der Waals surface area (Å²) in [5.41, 5.74) is 0.936. The summed E-state index contributed by atoms with van der Waals surface area (Å²) in [5.74, 6) is 0.849. The molecule has 102 valence electrons. The molecule has 1 N–H and O–H groups in total. The van der Waals surface area contributed by atoms with Gasteiger partial charge < -0.3 is 10.1 Å². The molecule has 5 heteroatoms. The maximum Gasteiger partial charge on any atom is 0.142 e. The molecule has 0 aliphatic rings. The summed E-state index contributed by atoms with van der Waals surface area (Å²) < 4.78 is 6.84. The molecule has 0 unspecified atom stereocenters. The molecule has 0 aliphatic carbocycles. The molecule has 2 nitrogen and oxygen atoms in total. The maximum atomic E-state index is 6.04. The number of hydrogen-bond donors (Lipinski definition) is 1. The fraction of sp³-hybridized carbons (Fsp3) is 0.286. The lowest BCUT2D eigenvalue weighted by Crippen LogP contribution is -2.02. The van der Waals surface area contributed by atoms with Crippen molar-refractivity contribution in [2.24, 2.45) is 0 Å². The Labute approximate surface area is 130 Å². The van der Waals surface area contributed by atoms with Crippen LogP contribution in [-0.4, -0.2) is 6.61 Å². The normalized spacial score (nSPS) is 10.5. The standard InChI is InChI=1S/C14H15BrClNOS/c1-2-7-18-13-5-3-10(16)8-12(13)17-9-11-4-6-14(15)19-11/h3-6,8,17H,2,7,9H2,1H3. The molecule has 1 aromatic heterocycles. The van der Waals surface area contributed by atoms with Crippen molar-refractivity contribution in [3.8, 4) is 5.75 Å². The molecule has 1 aromatic carbocycles. The zero-order valence-electron chi connectivity index (χ0n) is 10.6. The molecule has 19 heavy (non-hydrogen) atoms. The molecule has 0 saturated heterocycles. The zero-order valence-corrected chi connectivity index (χ0v) is 13.7. The van der Waals surface area contributed by atoms with E-state index in [2.05, 4.69) is 34.2 Å². The lowest BCUT2D eigenvalue weighted by Gasteiger charge is -2.12. The van der Waals surface area contributed by atoms with E-state index in [1.807, 2.05) is 24.3 Å². The van der Waals surface area contributed by atoms with E-state index in [0.717, 1.165) is 28.2 Å². The van der Waals surface area contributed by atoms with Crippen LogP contribution in [0.5, 0.6) is 5.75 Å². The first-order valence-corrected chi connectivity index (χ1v) is 8.08. The summed E-state index contributed by atoms with van der Waals surface area (Å²) in [7, 11) is 0. The molecule has 0 spiro atoms. The topological polar surface area (TPSA) is 21.3 Å². The summed E-state index contributed by atoms with van der Waals surface area (Å²) in [4.78, 5) is 1.26. The molecular weight excluding hydrogens is 346 g/mol. The monoisotopic (exact) mass is 359 g/mol. The first kappa shape index (κ1) is 14.7. The first-order valence-electron chi connectivity index (χ1n) is 6.09. The van der Waals surface area contributed by atoms with E-state index >= 15 is 0 Å². The van der Waals surface area contributed by atoms with Gasteiger partial charge in [0.15, 0.2) is 0 Å². The summed E-state index contributed by atoms with van der Waals surface area (Å²) in [6.07, 6.45) is 0.986. The molecule has 0 saturated carbocycles. The number of halogens is 2. The number of benzene rings is 1. The van der Waals surface area contributed by atoms with Gasteiger partial charge in [-0.05, 0) is 52.7 Å². The predicted octanol–water partition coefficient (Wildman–Crippen LogP) is 5.56. The van der Waals surface area contributed by atoms with Gasteiger partial charge in [0, 0.05) is 16.4 Å². The van der Waals surface area contributed by atoms with Gasteiger partial charge in [0.2, 0.25) is 0 Å². The van der Waals surface area contributed by atoms with Crippen LogP contribution in [0.4, 0.5) is 5.69 Å². The summed E-state index contributed by atoms with van der Waals surface area (Å²) in [6, 6.07) is 9.80. The van der Waals surface area contributed by atoms with Crippen molar-refractivity contribution in [1.29, 1.82) is 0 Å². The minimum absolute atomic E-state index is 0.707. The van der Waals surface area contributed by atoms with E-state index in [9.17, 15) is 0 Å². The Morgan fingerprint density at radius 2 is 2.16 bits per heavy atom. The number of rotatable bonds is 6. The van der Waals surface area contributed by atoms with Crippen LogP contribution in [0.1, 0.15) is 18.2 Å². The largest absolute Gasteiger partial charge is 0.491 e. The summed E-state index contributed by atoms with van der Waals surface area (Å²) in [5, 5.41) is 4.08. The second-order valence-corrected chi connectivity index (χ2v) is 7.03. The third-order valence-corrected chi connectivity index (χ3v) is 4.34. The second kappa shape index (κ2) is 7.17. The van der Waals surface area contributed by atoms with E-state index in [4.69, 9.17) is 16.3 Å². The molecular formula is C14H15BrClNOS. The highest BCUT2D eigenvalue weighted by Crippen LogP contribution is 2.30. The van der Waals surface area contributed by atoms with Gasteiger partial charge in [0.05, 0.1) is 16.1 Å². The van der Waals surface area contributed by atoms with Crippen molar-refractivity contribution in [2.45, 2.75) is 19.9 Å². The Bertz CT molecular complexity index is 544. The van der Waals surface area contributed by atoms with Crippen LogP contribution in [0.2, 0.25) is 5.02 Å². The van der Waals surface area contributed by atoms with Crippen molar-refractivity contribution in [1.82, 2.24) is 0 Å². The number of thiophene rings is 1. The van der Waals surface area contributed by atoms with Gasteiger partial charge in [0.1, 0.15) is 5.75 Å². The van der Waals surface area contributed by atoms with Crippen LogP contribution < -0.4 is 10.1 Å². The van der Waals surface area contributed by atoms with Crippen molar-refractivity contribution in [2.75, 3.05) is 11.9 Å². The van der Waals surface area contributed by atoms with E-state index in [-0.39, 0.29) is 0 Å². The SMILES string of the molecule is CCCOc1ccc(Cl)cc1NCc1ccc(Br)s1. The minimum Gasteiger partial charge on any atom is -0.491 e. The Balaban J connectivity index is 2.06. The summed E-state index contributed by atoms with van der Waals surface area (Å²) >= 11 is 11.2. The fourth-order valence-electron chi connectivity index (χ4n) is 1.61. The van der Waals surface area contributed by atoms with Crippen molar-refractivity contribution >= 4 is 44.6 Å². The molecule has 0 radical (unpaired) electrons. The molecule has 2 rings (SSSR count). The highest BCUT2D eigenvalue weighted by atomic mass is 79.9. The molecule has 2 aromatic rings. The molecule has 0 atom stereocenters. The van der Waals surface area contributed by atoms with Gasteiger partial charge in [-0.15, -0.1) is 11.3 Å². The molecule has 1 heterocycles. The maximum absolute atomic E-state index is 6.04. The minimum atomic E-state index is 0.707. The predicted molar refractivity (Wildman–Crippen MR) is 86.6 cm³/mol. The lowest BCUT2D eigenvalue weighted by atomic mass is 10.3. The van der Waals surface area contributed by atoms with Gasteiger partial charge in [-0.1, -0.05) is 18.5 Å². The number of nitrogens with one attached hydrogen (secondary N) is 1. The second-order valence-electron chi connectivity index (χ2n) is 4.05. The Morgan fingerprint density at radius 1 is 1.32 bits per heavy atom. The van der Waals surface area contributed by atoms with Gasteiger partial charge in [-0.25, -0.2) is 0 Å². The van der Waals surface area contributed by atoms with Gasteiger partial charge >= 0.3 is 0 Å². The van der Waals surface area contributed by atoms with E-state index in [0.29, 0.717) is 11.6 Å². The fourth-order valence-corrected chi connectivity index (χ4v) is 3.20. The quantitative estimate of drug-likeness (QED) is 0.727. The smallest absolute Gasteiger partial charge is 0.142 e. The molecule has 0 aliphatic heterocycles. The van der Waals surface area contributed by atoms with Gasteiger partial charge in [0.25, 0.3) is 0 Å². The lowest BCUT2D eigenvalue weighted by molar-refractivity contribution is 0.319. The van der Waals surface area contributed by atoms with E-state index < -0.39 is 0 Å². The van der Waals surface area contributed by atoms with Crippen molar-refractivity contribution < 1.29 is 4.74 Å². The highest BCUT2D eigenvalue weighted by molar-refractivity contribution is 9.11. The average Bonchev–Trinajstić information content (AvgIpc) is 2.81. The molecule has 0 bridgehead atoms. The van der Waals surface area contributed by atoms with E-state index in [1.54, 1.807) is 11.3 Å². The summed E-state index contributed by atoms with van der Waals surface area (Å²) in [6.45, 7) is 3.56. The van der Waals surface area contributed by atoms with Crippen LogP contribution in [0.15, 0.2) is 34.1 Å². The van der Waals surface area contributed by atoms with Crippen LogP contribution in [0.3, 0.4) is 0 Å². The van der Waals surface area contributed by atoms with Crippen molar-refractivity contribution in [3.05, 3.63) is 44.0 Å². The van der Waals surface area contributed by atoms with E-state index in [1.165, 1.54) is 4.88 Å². The Kier molecular flexibility index (Phi) is 5.55. The van der Waals surface area contributed by atoms with Crippen LogP contribution in [0, 0.1) is 0 Å². The third kappa shape index (κ3) is 4.41. The molecule has 0 amide bonds. The van der Waals surface area contributed by atoms with Gasteiger partial charge in [-0.3, -0.25) is 0 Å². The van der Waals surface area contributed by atoms with Crippen LogP contribution in [-0.2, 0) is 6.54 Å². The number of anilines is 1. The first-order chi connectivity index (χ1) is 9.19. The molecule has 0 fully saturated rings. The van der Waals surface area contributed by atoms with Crippen LogP contribution >= 0.6 is 38.9 Å². The zero-order chi connectivity index (χ0) is 13.7. The van der Waals surface area contributed by atoms with Crippen molar-refractivity contribution in [3.63, 3.8) is 0 Å². The van der Waals surface area contributed by atoms with Crippen LogP contribution in [0.25, 0.3) is 0 Å². The highest BCUT2D eigenvalue weighted by Gasteiger charge is 2.05. The number of ether oxygens (including phenoxy) is 1. The van der Waals surface area contributed by atoms with Gasteiger partial charge in [-0.2, -0.15) is 0 Å². The Hall–Kier alpha value is -0.710. The average molecular weight is 361 g/mol. The Morgan fingerprint density at radius 3 is 2.84 bits per heavy atom. The number of hydrogen-bond acceptors (Lipinski definition) is 3.